The van der Waals surface area contributed by atoms with Crippen molar-refractivity contribution in [3.05, 3.63) is 0 Å². The van der Waals surface area contributed by atoms with Crippen LogP contribution in [0.25, 0.3) is 0 Å². The van der Waals surface area contributed by atoms with Crippen molar-refractivity contribution >= 4 is 11.8 Å². The lowest BCUT2D eigenvalue weighted by atomic mass is 10.1. The fourth-order valence-electron chi connectivity index (χ4n) is 3.15. The predicted molar refractivity (Wildman–Crippen MR) is 79.9 cm³/mol. The van der Waals surface area contributed by atoms with E-state index in [2.05, 4.69) is 10.2 Å². The van der Waals surface area contributed by atoms with Crippen LogP contribution in [0.15, 0.2) is 0 Å². The third-order valence-electron chi connectivity index (χ3n) is 4.35. The maximum absolute atomic E-state index is 12.0. The summed E-state index contributed by atoms with van der Waals surface area (Å²) in [6.07, 6.45) is 4.03. The van der Waals surface area contributed by atoms with Crippen molar-refractivity contribution in [2.45, 2.75) is 44.2 Å². The van der Waals surface area contributed by atoms with Crippen LogP contribution >= 0.6 is 0 Å². The van der Waals surface area contributed by atoms with E-state index in [4.69, 9.17) is 4.74 Å². The first kappa shape index (κ1) is 16.2. The van der Waals surface area contributed by atoms with E-state index in [0.717, 1.165) is 38.9 Å². The van der Waals surface area contributed by atoms with Crippen LogP contribution in [0, 0.1) is 0 Å². The molecule has 0 bridgehead atoms. The van der Waals surface area contributed by atoms with Gasteiger partial charge in [-0.2, -0.15) is 0 Å². The molecule has 0 saturated carbocycles. The highest BCUT2D eigenvalue weighted by atomic mass is 16.5. The number of nitrogens with one attached hydrogen (secondary N) is 1. The van der Waals surface area contributed by atoms with Crippen molar-refractivity contribution in [3.8, 4) is 0 Å². The molecule has 6 heteroatoms. The molecule has 2 aliphatic rings. The molecule has 2 aliphatic heterocycles. The Morgan fingerprint density at radius 2 is 2.19 bits per heavy atom. The molecule has 0 radical (unpaired) electrons. The number of likely N-dealkylation sites (tertiary alicyclic amines) is 2. The molecule has 120 valence electrons. The van der Waals surface area contributed by atoms with Gasteiger partial charge in [-0.15, -0.1) is 0 Å². The number of hydrogen-bond donors (Lipinski definition) is 1. The minimum Gasteiger partial charge on any atom is -0.378 e. The van der Waals surface area contributed by atoms with E-state index in [9.17, 15) is 9.59 Å². The van der Waals surface area contributed by atoms with Crippen LogP contribution in [0.1, 0.15) is 32.1 Å². The Kier molecular flexibility index (Phi) is 5.99. The lowest BCUT2D eigenvalue weighted by Crippen LogP contribution is -2.43. The molecule has 2 atom stereocenters. The Morgan fingerprint density at radius 1 is 1.38 bits per heavy atom. The molecule has 0 aliphatic carbocycles. The normalized spacial score (nSPS) is 27.1. The molecule has 6 nitrogen and oxygen atoms in total. The van der Waals surface area contributed by atoms with Crippen molar-refractivity contribution < 1.29 is 14.3 Å². The molecule has 0 aromatic rings. The lowest BCUT2D eigenvalue weighted by Gasteiger charge is -2.26. The van der Waals surface area contributed by atoms with Gasteiger partial charge in [-0.1, -0.05) is 0 Å². The van der Waals surface area contributed by atoms with Gasteiger partial charge in [-0.3, -0.25) is 9.59 Å². The van der Waals surface area contributed by atoms with Crippen LogP contribution in [0.4, 0.5) is 0 Å². The van der Waals surface area contributed by atoms with Crippen LogP contribution in [0.3, 0.4) is 0 Å². The molecule has 2 fully saturated rings. The van der Waals surface area contributed by atoms with Gasteiger partial charge in [-0.05, 0) is 26.3 Å². The van der Waals surface area contributed by atoms with Crippen molar-refractivity contribution in [1.82, 2.24) is 15.1 Å². The Bertz CT molecular complexity index is 375. The van der Waals surface area contributed by atoms with E-state index >= 15 is 0 Å². The summed E-state index contributed by atoms with van der Waals surface area (Å²) < 4.78 is 5.40. The molecule has 0 spiro atoms. The van der Waals surface area contributed by atoms with Gasteiger partial charge < -0.3 is 19.9 Å². The van der Waals surface area contributed by atoms with E-state index in [0.29, 0.717) is 19.4 Å². The van der Waals surface area contributed by atoms with Gasteiger partial charge in [0.1, 0.15) is 0 Å². The first-order valence-corrected chi connectivity index (χ1v) is 7.88. The molecule has 1 N–H and O–H groups in total. The molecule has 2 saturated heterocycles. The number of hydrogen-bond acceptors (Lipinski definition) is 4. The van der Waals surface area contributed by atoms with E-state index in [1.54, 1.807) is 7.11 Å². The van der Waals surface area contributed by atoms with Crippen LogP contribution in [0.5, 0.6) is 0 Å². The molecular formula is C15H27N3O3. The van der Waals surface area contributed by atoms with E-state index in [-0.39, 0.29) is 24.0 Å². The number of ether oxygens (including phenoxy) is 1. The van der Waals surface area contributed by atoms with Crippen LogP contribution in [-0.2, 0) is 14.3 Å². The van der Waals surface area contributed by atoms with E-state index in [1.165, 1.54) is 0 Å². The highest BCUT2D eigenvalue weighted by molar-refractivity contribution is 5.77. The summed E-state index contributed by atoms with van der Waals surface area (Å²) in [5, 5.41) is 3.05. The van der Waals surface area contributed by atoms with Crippen molar-refractivity contribution in [2.75, 3.05) is 40.3 Å². The topological polar surface area (TPSA) is 61.9 Å². The zero-order valence-electron chi connectivity index (χ0n) is 13.1. The number of piperidine rings is 1. The Balaban J connectivity index is 1.66. The van der Waals surface area contributed by atoms with Crippen LogP contribution in [-0.4, -0.2) is 74.1 Å². The number of nitrogens with zero attached hydrogens (tertiary/aromatic N) is 2. The number of carbonyl (C=O) groups excluding carboxylic acids is 2. The summed E-state index contributed by atoms with van der Waals surface area (Å²) in [6.45, 7) is 3.22. The highest BCUT2D eigenvalue weighted by Gasteiger charge is 2.31. The van der Waals surface area contributed by atoms with Crippen molar-refractivity contribution in [1.29, 1.82) is 0 Å². The SMILES string of the molecule is CO[C@H]1CN(C)C[C@@H]1NC(=O)CCCN1CCCCC1=O. The van der Waals surface area contributed by atoms with Gasteiger partial charge in [0.05, 0.1) is 12.1 Å². The number of rotatable bonds is 6. The fraction of sp³-hybridized carbons (Fsp3) is 0.867. The van der Waals surface area contributed by atoms with Crippen molar-refractivity contribution in [3.63, 3.8) is 0 Å². The minimum atomic E-state index is 0.0572. The second-order valence-corrected chi connectivity index (χ2v) is 6.11. The second kappa shape index (κ2) is 7.75. The average Bonchev–Trinajstić information content (AvgIpc) is 2.81. The monoisotopic (exact) mass is 297 g/mol. The smallest absolute Gasteiger partial charge is 0.222 e. The molecule has 0 unspecified atom stereocenters. The van der Waals surface area contributed by atoms with Gasteiger partial charge in [0.15, 0.2) is 0 Å². The third kappa shape index (κ3) is 4.68. The molecule has 0 aromatic heterocycles. The number of methoxy groups -OCH3 is 1. The predicted octanol–water partition coefficient (Wildman–Crippen LogP) is 0.224. The number of carbonyl (C=O) groups is 2. The maximum Gasteiger partial charge on any atom is 0.222 e. The number of likely N-dealkylation sites (N-methyl/N-ethyl adjacent to an activating group) is 1. The zero-order chi connectivity index (χ0) is 15.2. The standard InChI is InChI=1S/C15H27N3O3/c1-17-10-12(13(11-17)21-2)16-14(19)6-5-9-18-8-4-3-7-15(18)20/h12-13H,3-11H2,1-2H3,(H,16,19)/t12-,13-/m0/s1. The Morgan fingerprint density at radius 3 is 2.90 bits per heavy atom. The maximum atomic E-state index is 12.0. The first-order valence-electron chi connectivity index (χ1n) is 7.88. The van der Waals surface area contributed by atoms with Crippen LogP contribution < -0.4 is 5.32 Å². The largest absolute Gasteiger partial charge is 0.378 e. The summed E-state index contributed by atoms with van der Waals surface area (Å²) >= 11 is 0. The molecule has 2 rings (SSSR count). The lowest BCUT2D eigenvalue weighted by molar-refractivity contribution is -0.133. The van der Waals surface area contributed by atoms with Gasteiger partial charge in [0.2, 0.25) is 11.8 Å². The molecule has 2 heterocycles. The fourth-order valence-corrected chi connectivity index (χ4v) is 3.15. The number of amides is 2. The summed E-state index contributed by atoms with van der Waals surface area (Å²) in [7, 11) is 3.71. The second-order valence-electron chi connectivity index (χ2n) is 6.11. The van der Waals surface area contributed by atoms with Crippen LogP contribution in [0.2, 0.25) is 0 Å². The molecular weight excluding hydrogens is 270 g/mol. The molecule has 21 heavy (non-hydrogen) atoms. The van der Waals surface area contributed by atoms with Crippen molar-refractivity contribution in [2.24, 2.45) is 0 Å². The average molecular weight is 297 g/mol. The van der Waals surface area contributed by atoms with Gasteiger partial charge in [0.25, 0.3) is 0 Å². The third-order valence-corrected chi connectivity index (χ3v) is 4.35. The summed E-state index contributed by atoms with van der Waals surface area (Å²) in [5.41, 5.74) is 0. The first-order chi connectivity index (χ1) is 10.1. The van der Waals surface area contributed by atoms with Gasteiger partial charge in [-0.25, -0.2) is 0 Å². The van der Waals surface area contributed by atoms with E-state index in [1.807, 2.05) is 11.9 Å². The Hall–Kier alpha value is -1.14. The van der Waals surface area contributed by atoms with Gasteiger partial charge >= 0.3 is 0 Å². The van der Waals surface area contributed by atoms with Gasteiger partial charge in [0, 0.05) is 46.1 Å². The Labute approximate surface area is 126 Å². The summed E-state index contributed by atoms with van der Waals surface area (Å²) in [4.78, 5) is 27.7. The minimum absolute atomic E-state index is 0.0572. The zero-order valence-corrected chi connectivity index (χ0v) is 13.1. The van der Waals surface area contributed by atoms with E-state index < -0.39 is 0 Å². The highest BCUT2D eigenvalue weighted by Crippen LogP contribution is 2.13. The summed E-state index contributed by atoms with van der Waals surface area (Å²) in [6, 6.07) is 0.0733. The molecule has 2 amide bonds. The summed E-state index contributed by atoms with van der Waals surface area (Å²) in [5.74, 6) is 0.292. The quantitative estimate of drug-likeness (QED) is 0.762. The molecule has 0 aromatic carbocycles.